The minimum atomic E-state index is -3.87. The lowest BCUT2D eigenvalue weighted by Gasteiger charge is -2.06. The van der Waals surface area contributed by atoms with Crippen LogP contribution in [0.25, 0.3) is 0 Å². The summed E-state index contributed by atoms with van der Waals surface area (Å²) in [7, 11) is -3.87. The molecule has 0 aliphatic carbocycles. The smallest absolute Gasteiger partial charge is 0.358 e. The zero-order valence-electron chi connectivity index (χ0n) is 10.00. The van der Waals surface area contributed by atoms with Crippen LogP contribution in [-0.4, -0.2) is 24.9 Å². The number of rotatable bonds is 7. The monoisotopic (exact) mass is 273 g/mol. The Labute approximate surface area is 105 Å². The van der Waals surface area contributed by atoms with Gasteiger partial charge in [0.2, 0.25) is 10.0 Å². The number of nitrogens with one attached hydrogen (secondary N) is 1. The maximum atomic E-state index is 11.9. The number of pyridine rings is 1. The lowest BCUT2D eigenvalue weighted by Crippen LogP contribution is -2.25. The first kappa shape index (κ1) is 14.5. The highest BCUT2D eigenvalue weighted by molar-refractivity contribution is 7.89. The van der Waals surface area contributed by atoms with Crippen molar-refractivity contribution in [3.8, 4) is 0 Å². The molecule has 0 saturated carbocycles. The van der Waals surface area contributed by atoms with Crippen LogP contribution in [0.1, 0.15) is 26.2 Å². The van der Waals surface area contributed by atoms with Crippen molar-refractivity contribution < 1.29 is 13.3 Å². The van der Waals surface area contributed by atoms with Crippen molar-refractivity contribution in [1.29, 1.82) is 0 Å². The van der Waals surface area contributed by atoms with Gasteiger partial charge in [-0.2, -0.15) is 0 Å². The molecule has 0 amide bonds. The quantitative estimate of drug-likeness (QED) is 0.460. The highest BCUT2D eigenvalue weighted by Crippen LogP contribution is 2.19. The van der Waals surface area contributed by atoms with Gasteiger partial charge in [0.25, 0.3) is 0 Å². The van der Waals surface area contributed by atoms with Crippen LogP contribution in [0.3, 0.4) is 0 Å². The van der Waals surface area contributed by atoms with Crippen molar-refractivity contribution in [1.82, 2.24) is 9.71 Å². The number of nitro groups is 1. The van der Waals surface area contributed by atoms with Gasteiger partial charge in [-0.1, -0.05) is 19.8 Å². The number of hydrogen-bond acceptors (Lipinski definition) is 5. The van der Waals surface area contributed by atoms with Gasteiger partial charge >= 0.3 is 5.82 Å². The molecule has 0 spiro atoms. The largest absolute Gasteiger partial charge is 0.383 e. The van der Waals surface area contributed by atoms with Crippen molar-refractivity contribution in [2.75, 3.05) is 6.54 Å². The van der Waals surface area contributed by atoms with Crippen LogP contribution in [0.2, 0.25) is 0 Å². The molecule has 1 heterocycles. The average Bonchev–Trinajstić information content (AvgIpc) is 2.35. The zero-order chi connectivity index (χ0) is 13.6. The normalized spacial score (nSPS) is 11.4. The van der Waals surface area contributed by atoms with Gasteiger partial charge in [0.05, 0.1) is 0 Å². The summed E-state index contributed by atoms with van der Waals surface area (Å²) in [4.78, 5) is 13.0. The average molecular weight is 273 g/mol. The molecule has 1 aromatic rings. The molecular formula is C10H15N3O4S. The molecule has 7 nitrogen and oxygen atoms in total. The number of hydrogen-bond donors (Lipinski definition) is 1. The summed E-state index contributed by atoms with van der Waals surface area (Å²) in [5.74, 6) is -0.652. The molecule has 0 aliphatic rings. The van der Waals surface area contributed by atoms with Crippen LogP contribution in [0.5, 0.6) is 0 Å². The van der Waals surface area contributed by atoms with Gasteiger partial charge in [-0.15, -0.1) is 0 Å². The van der Waals surface area contributed by atoms with Crippen LogP contribution >= 0.6 is 0 Å². The van der Waals surface area contributed by atoms with Crippen LogP contribution in [0.4, 0.5) is 5.82 Å². The fourth-order valence-electron chi connectivity index (χ4n) is 1.39. The van der Waals surface area contributed by atoms with E-state index >= 15 is 0 Å². The van der Waals surface area contributed by atoms with E-state index in [0.717, 1.165) is 12.8 Å². The Morgan fingerprint density at radius 3 is 2.78 bits per heavy atom. The Hall–Kier alpha value is -1.54. The molecule has 0 atom stereocenters. The molecule has 1 N–H and O–H groups in total. The molecular weight excluding hydrogens is 258 g/mol. The van der Waals surface area contributed by atoms with Crippen molar-refractivity contribution in [2.45, 2.75) is 31.1 Å². The molecule has 0 unspecified atom stereocenters. The number of unbranched alkanes of at least 4 members (excludes halogenated alkanes) is 2. The second kappa shape index (κ2) is 6.41. The fraction of sp³-hybridized carbons (Fsp3) is 0.500. The van der Waals surface area contributed by atoms with Gasteiger partial charge in [0, 0.05) is 6.54 Å². The van der Waals surface area contributed by atoms with Crippen molar-refractivity contribution >= 4 is 15.8 Å². The van der Waals surface area contributed by atoms with E-state index in [-0.39, 0.29) is 6.54 Å². The molecule has 8 heteroatoms. The van der Waals surface area contributed by atoms with Gasteiger partial charge in [-0.05, 0) is 28.5 Å². The van der Waals surface area contributed by atoms with Gasteiger partial charge < -0.3 is 10.1 Å². The summed E-state index contributed by atoms with van der Waals surface area (Å²) < 4.78 is 26.1. The van der Waals surface area contributed by atoms with E-state index < -0.39 is 25.7 Å². The first-order chi connectivity index (χ1) is 8.49. The van der Waals surface area contributed by atoms with Crippen LogP contribution in [-0.2, 0) is 10.0 Å². The summed E-state index contributed by atoms with van der Waals surface area (Å²) >= 11 is 0. The maximum absolute atomic E-state index is 11.9. The molecule has 100 valence electrons. The highest BCUT2D eigenvalue weighted by atomic mass is 32.2. The molecule has 1 rings (SSSR count). The Kier molecular flexibility index (Phi) is 5.17. The fourth-order valence-corrected chi connectivity index (χ4v) is 2.58. The predicted molar refractivity (Wildman–Crippen MR) is 65.6 cm³/mol. The van der Waals surface area contributed by atoms with Gasteiger partial charge in [0.1, 0.15) is 6.20 Å². The Morgan fingerprint density at radius 1 is 1.44 bits per heavy atom. The van der Waals surface area contributed by atoms with E-state index in [4.69, 9.17) is 0 Å². The summed E-state index contributed by atoms with van der Waals surface area (Å²) in [5.41, 5.74) is 0. The molecule has 1 aromatic heterocycles. The summed E-state index contributed by atoms with van der Waals surface area (Å²) in [5, 5.41) is 10.7. The van der Waals surface area contributed by atoms with E-state index in [1.807, 2.05) is 6.92 Å². The SMILES string of the molecule is CCCCCNS(=O)(=O)c1cccnc1[N+](=O)[O-]. The van der Waals surface area contributed by atoms with Gasteiger partial charge in [0.15, 0.2) is 4.90 Å². The number of nitrogens with zero attached hydrogens (tertiary/aromatic N) is 2. The third-order valence-corrected chi connectivity index (χ3v) is 3.77. The highest BCUT2D eigenvalue weighted by Gasteiger charge is 2.25. The standard InChI is InChI=1S/C10H15N3O4S/c1-2-3-4-8-12-18(16,17)9-6-5-7-11-10(9)13(14)15/h5-7,12H,2-4,8H2,1H3. The third kappa shape index (κ3) is 3.74. The van der Waals surface area contributed by atoms with E-state index in [9.17, 15) is 18.5 Å². The molecule has 18 heavy (non-hydrogen) atoms. The Morgan fingerprint density at radius 2 is 2.17 bits per heavy atom. The summed E-state index contributed by atoms with van der Waals surface area (Å²) in [6, 6.07) is 2.53. The summed E-state index contributed by atoms with van der Waals surface area (Å²) in [6.45, 7) is 2.27. The second-order valence-corrected chi connectivity index (χ2v) is 5.42. The molecule has 0 aliphatic heterocycles. The molecule has 0 fully saturated rings. The molecule has 0 saturated heterocycles. The zero-order valence-corrected chi connectivity index (χ0v) is 10.8. The third-order valence-electron chi connectivity index (χ3n) is 2.29. The number of sulfonamides is 1. The minimum absolute atomic E-state index is 0.266. The van der Waals surface area contributed by atoms with Gasteiger partial charge in [-0.25, -0.2) is 13.1 Å². The summed E-state index contributed by atoms with van der Waals surface area (Å²) in [6.07, 6.45) is 3.75. The molecule has 0 radical (unpaired) electrons. The second-order valence-electron chi connectivity index (χ2n) is 3.69. The first-order valence-electron chi connectivity index (χ1n) is 5.58. The number of aromatic nitrogens is 1. The van der Waals surface area contributed by atoms with Crippen molar-refractivity contribution in [3.63, 3.8) is 0 Å². The lowest BCUT2D eigenvalue weighted by molar-refractivity contribution is -0.392. The Bertz CT molecular complexity index is 516. The van der Waals surface area contributed by atoms with Crippen molar-refractivity contribution in [3.05, 3.63) is 28.4 Å². The van der Waals surface area contributed by atoms with E-state index in [0.29, 0.717) is 6.42 Å². The molecule has 0 aromatic carbocycles. The maximum Gasteiger partial charge on any atom is 0.383 e. The van der Waals surface area contributed by atoms with E-state index in [1.54, 1.807) is 0 Å². The van der Waals surface area contributed by atoms with Crippen molar-refractivity contribution in [2.24, 2.45) is 0 Å². The van der Waals surface area contributed by atoms with Crippen LogP contribution < -0.4 is 4.72 Å². The minimum Gasteiger partial charge on any atom is -0.358 e. The molecule has 0 bridgehead atoms. The first-order valence-corrected chi connectivity index (χ1v) is 7.06. The van der Waals surface area contributed by atoms with E-state index in [2.05, 4.69) is 9.71 Å². The van der Waals surface area contributed by atoms with E-state index in [1.165, 1.54) is 18.3 Å². The van der Waals surface area contributed by atoms with Crippen LogP contribution in [0.15, 0.2) is 23.2 Å². The Balaban J connectivity index is 2.88. The lowest BCUT2D eigenvalue weighted by atomic mass is 10.3. The van der Waals surface area contributed by atoms with Crippen LogP contribution in [0, 0.1) is 10.1 Å². The van der Waals surface area contributed by atoms with Gasteiger partial charge in [-0.3, -0.25) is 0 Å². The predicted octanol–water partition coefficient (Wildman–Crippen LogP) is 1.46. The topological polar surface area (TPSA) is 102 Å².